The second kappa shape index (κ2) is 11.9. The zero-order chi connectivity index (χ0) is 25.5. The Balaban J connectivity index is 2.39. The Bertz CT molecular complexity index is 991. The van der Waals surface area contributed by atoms with Crippen LogP contribution >= 0.6 is 0 Å². The minimum absolute atomic E-state index is 0.0330. The third kappa shape index (κ3) is 7.24. The van der Waals surface area contributed by atoms with Crippen LogP contribution in [0.2, 0.25) is 0 Å². The highest BCUT2D eigenvalue weighted by Crippen LogP contribution is 2.37. The number of hydrogen-bond donors (Lipinski definition) is 1. The first kappa shape index (κ1) is 27.2. The number of anilines is 1. The molecule has 0 aliphatic rings. The number of amides is 1. The van der Waals surface area contributed by atoms with Gasteiger partial charge in [-0.25, -0.2) is 4.79 Å². The highest BCUT2D eigenvalue weighted by molar-refractivity contribution is 5.96. The van der Waals surface area contributed by atoms with Gasteiger partial charge in [-0.1, -0.05) is 46.8 Å². The fraction of sp³-hybridized carbons (Fsp3) is 0.500. The van der Waals surface area contributed by atoms with Crippen LogP contribution < -0.4 is 14.8 Å². The number of hydrogen-bond acceptors (Lipinski definition) is 5. The number of rotatable bonds is 10. The molecule has 2 rings (SSSR count). The summed E-state index contributed by atoms with van der Waals surface area (Å²) in [6, 6.07) is 11.1. The van der Waals surface area contributed by atoms with Gasteiger partial charge in [0, 0.05) is 18.2 Å². The van der Waals surface area contributed by atoms with Gasteiger partial charge in [0.15, 0.2) is 0 Å². The molecule has 34 heavy (non-hydrogen) atoms. The molecule has 2 aromatic rings. The van der Waals surface area contributed by atoms with E-state index in [4.69, 9.17) is 14.2 Å². The lowest BCUT2D eigenvalue weighted by Crippen LogP contribution is -2.21. The molecule has 0 bridgehead atoms. The first-order valence-electron chi connectivity index (χ1n) is 11.8. The van der Waals surface area contributed by atoms with Crippen molar-refractivity contribution in [1.82, 2.24) is 0 Å². The van der Waals surface area contributed by atoms with Crippen LogP contribution in [0, 0.1) is 5.92 Å². The van der Waals surface area contributed by atoms with E-state index in [1.807, 2.05) is 31.2 Å². The van der Waals surface area contributed by atoms with E-state index in [0.29, 0.717) is 23.8 Å². The number of ether oxygens (including phenoxy) is 3. The number of methoxy groups -OCH3 is 2. The van der Waals surface area contributed by atoms with Gasteiger partial charge < -0.3 is 19.5 Å². The van der Waals surface area contributed by atoms with Crippen molar-refractivity contribution >= 4 is 17.6 Å². The summed E-state index contributed by atoms with van der Waals surface area (Å²) >= 11 is 0. The largest absolute Gasteiger partial charge is 0.497 e. The summed E-state index contributed by atoms with van der Waals surface area (Å²) in [4.78, 5) is 25.4. The normalized spacial score (nSPS) is 12.3. The zero-order valence-corrected chi connectivity index (χ0v) is 21.8. The minimum Gasteiger partial charge on any atom is -0.497 e. The Morgan fingerprint density at radius 3 is 2.29 bits per heavy atom. The molecule has 0 saturated heterocycles. The van der Waals surface area contributed by atoms with Crippen LogP contribution in [-0.4, -0.2) is 32.7 Å². The smallest absolute Gasteiger partial charge is 0.337 e. The molecule has 2 aromatic carbocycles. The number of benzene rings is 2. The van der Waals surface area contributed by atoms with Gasteiger partial charge >= 0.3 is 5.97 Å². The lowest BCUT2D eigenvalue weighted by Gasteiger charge is -2.25. The number of nitrogens with one attached hydrogen (secondary N) is 1. The molecule has 0 fully saturated rings. The van der Waals surface area contributed by atoms with Crippen molar-refractivity contribution in [3.63, 3.8) is 0 Å². The standard InChI is InChI=1S/C28H39NO5/c1-9-34-25-17-21(32-7)11-12-22(25)20(14-18(2)3)16-26(30)29-24-15-19(27(31)33-8)10-13-23(24)28(4,5)6/h10-13,15,17-18,20H,9,14,16H2,1-8H3,(H,29,30). The number of esters is 1. The van der Waals surface area contributed by atoms with Gasteiger partial charge in [-0.15, -0.1) is 0 Å². The van der Waals surface area contributed by atoms with E-state index < -0.39 is 5.97 Å². The molecule has 186 valence electrons. The van der Waals surface area contributed by atoms with E-state index in [0.717, 1.165) is 29.0 Å². The van der Waals surface area contributed by atoms with Crippen molar-refractivity contribution in [3.05, 3.63) is 53.1 Å². The van der Waals surface area contributed by atoms with Crippen LogP contribution in [-0.2, 0) is 14.9 Å². The molecule has 0 aliphatic carbocycles. The van der Waals surface area contributed by atoms with Crippen molar-refractivity contribution in [2.75, 3.05) is 26.1 Å². The van der Waals surface area contributed by atoms with Crippen LogP contribution in [0.25, 0.3) is 0 Å². The molecule has 6 heteroatoms. The van der Waals surface area contributed by atoms with E-state index in [2.05, 4.69) is 39.9 Å². The van der Waals surface area contributed by atoms with Crippen molar-refractivity contribution in [2.45, 2.75) is 65.7 Å². The second-order valence-electron chi connectivity index (χ2n) is 9.92. The second-order valence-corrected chi connectivity index (χ2v) is 9.92. The van der Waals surface area contributed by atoms with E-state index in [1.165, 1.54) is 7.11 Å². The van der Waals surface area contributed by atoms with Crippen LogP contribution in [0.3, 0.4) is 0 Å². The van der Waals surface area contributed by atoms with Gasteiger partial charge in [0.05, 0.1) is 26.4 Å². The summed E-state index contributed by atoms with van der Waals surface area (Å²) < 4.78 is 16.1. The lowest BCUT2D eigenvalue weighted by atomic mass is 9.84. The summed E-state index contributed by atoms with van der Waals surface area (Å²) in [5, 5.41) is 3.07. The SMILES string of the molecule is CCOc1cc(OC)ccc1C(CC(=O)Nc1cc(C(=O)OC)ccc1C(C)(C)C)CC(C)C. The molecule has 0 heterocycles. The maximum atomic E-state index is 13.3. The first-order valence-corrected chi connectivity index (χ1v) is 11.8. The topological polar surface area (TPSA) is 73.9 Å². The predicted molar refractivity (Wildman–Crippen MR) is 136 cm³/mol. The van der Waals surface area contributed by atoms with Crippen LogP contribution in [0.4, 0.5) is 5.69 Å². The Hall–Kier alpha value is -3.02. The van der Waals surface area contributed by atoms with E-state index in [1.54, 1.807) is 19.2 Å². The fourth-order valence-electron chi connectivity index (χ4n) is 4.12. The monoisotopic (exact) mass is 469 g/mol. The van der Waals surface area contributed by atoms with Crippen LogP contribution in [0.5, 0.6) is 11.5 Å². The van der Waals surface area contributed by atoms with Crippen molar-refractivity contribution < 1.29 is 23.8 Å². The first-order chi connectivity index (χ1) is 16.0. The van der Waals surface area contributed by atoms with Gasteiger partial charge in [-0.2, -0.15) is 0 Å². The number of carbonyl (C=O) groups is 2. The molecule has 1 atom stereocenters. The summed E-state index contributed by atoms with van der Waals surface area (Å²) in [6.45, 7) is 13.0. The van der Waals surface area contributed by atoms with Crippen LogP contribution in [0.15, 0.2) is 36.4 Å². The summed E-state index contributed by atoms with van der Waals surface area (Å²) in [5.74, 6) is 1.26. The van der Waals surface area contributed by atoms with Crippen LogP contribution in [0.1, 0.15) is 81.8 Å². The summed E-state index contributed by atoms with van der Waals surface area (Å²) in [7, 11) is 2.97. The molecule has 0 saturated carbocycles. The van der Waals surface area contributed by atoms with Gasteiger partial charge in [-0.05, 0) is 59.9 Å². The predicted octanol–water partition coefficient (Wildman–Crippen LogP) is 6.34. The molecular weight excluding hydrogens is 430 g/mol. The molecule has 1 N–H and O–H groups in total. The molecule has 1 amide bonds. The molecular formula is C28H39NO5. The minimum atomic E-state index is -0.437. The third-order valence-electron chi connectivity index (χ3n) is 5.67. The molecule has 0 aromatic heterocycles. The summed E-state index contributed by atoms with van der Waals surface area (Å²) in [5.41, 5.74) is 2.76. The maximum absolute atomic E-state index is 13.3. The third-order valence-corrected chi connectivity index (χ3v) is 5.67. The Morgan fingerprint density at radius 1 is 1.03 bits per heavy atom. The highest BCUT2D eigenvalue weighted by Gasteiger charge is 2.25. The summed E-state index contributed by atoms with van der Waals surface area (Å²) in [6.07, 6.45) is 1.12. The van der Waals surface area contributed by atoms with Crippen molar-refractivity contribution in [1.29, 1.82) is 0 Å². The van der Waals surface area contributed by atoms with E-state index in [9.17, 15) is 9.59 Å². The van der Waals surface area contributed by atoms with Gasteiger partial charge in [0.25, 0.3) is 0 Å². The zero-order valence-electron chi connectivity index (χ0n) is 21.8. The fourth-order valence-corrected chi connectivity index (χ4v) is 4.12. The van der Waals surface area contributed by atoms with E-state index in [-0.39, 0.29) is 23.7 Å². The Morgan fingerprint density at radius 2 is 1.74 bits per heavy atom. The van der Waals surface area contributed by atoms with E-state index >= 15 is 0 Å². The maximum Gasteiger partial charge on any atom is 0.337 e. The quantitative estimate of drug-likeness (QED) is 0.411. The highest BCUT2D eigenvalue weighted by atomic mass is 16.5. The molecule has 0 spiro atoms. The molecule has 6 nitrogen and oxygen atoms in total. The average Bonchev–Trinajstić information content (AvgIpc) is 2.77. The molecule has 1 unspecified atom stereocenters. The Kier molecular flexibility index (Phi) is 9.54. The Labute approximate surface area is 204 Å². The van der Waals surface area contributed by atoms with Crippen molar-refractivity contribution in [3.8, 4) is 11.5 Å². The molecule has 0 aliphatic heterocycles. The van der Waals surface area contributed by atoms with Crippen molar-refractivity contribution in [2.24, 2.45) is 5.92 Å². The average molecular weight is 470 g/mol. The van der Waals surface area contributed by atoms with Gasteiger partial charge in [-0.3, -0.25) is 4.79 Å². The molecule has 0 radical (unpaired) electrons. The van der Waals surface area contributed by atoms with Gasteiger partial charge in [0.1, 0.15) is 11.5 Å². The number of carbonyl (C=O) groups excluding carboxylic acids is 2. The van der Waals surface area contributed by atoms with Gasteiger partial charge in [0.2, 0.25) is 5.91 Å². The lowest BCUT2D eigenvalue weighted by molar-refractivity contribution is -0.116.